The summed E-state index contributed by atoms with van der Waals surface area (Å²) in [5, 5.41) is 0. The van der Waals surface area contributed by atoms with Gasteiger partial charge in [-0.2, -0.15) is 0 Å². The van der Waals surface area contributed by atoms with Gasteiger partial charge in [0.25, 0.3) is 0 Å². The quantitative estimate of drug-likeness (QED) is 0.253. The normalized spacial score (nSPS) is 14.9. The maximum Gasteiger partial charge on any atom is 0.141 e. The van der Waals surface area contributed by atoms with Crippen LogP contribution >= 0.6 is 0 Å². The minimum absolute atomic E-state index is 0.940. The van der Waals surface area contributed by atoms with E-state index in [0.717, 1.165) is 31.5 Å². The second-order valence-electron chi connectivity index (χ2n) is 10.2. The van der Waals surface area contributed by atoms with Crippen LogP contribution in [0.4, 0.5) is 17.2 Å². The standard InChI is InChI=1S/C32H21N3/c1-2-6-24-18(4-1)10-21-12-22-14-28-27(26(22)16-25(21)24)15-23-11-19-7-9-33-17-30(19)35-31(23)29(28)13-20-5-3-8-34-32(20)35/h1-9,12,15-17H,10-11,13-14H2. The van der Waals surface area contributed by atoms with Crippen molar-refractivity contribution < 1.29 is 0 Å². The van der Waals surface area contributed by atoms with Crippen LogP contribution in [0, 0.1) is 0 Å². The van der Waals surface area contributed by atoms with Gasteiger partial charge in [-0.05, 0) is 104 Å². The third kappa shape index (κ3) is 2.26. The molecule has 164 valence electrons. The zero-order chi connectivity index (χ0) is 22.7. The fourth-order valence-corrected chi connectivity index (χ4v) is 6.97. The van der Waals surface area contributed by atoms with Crippen LogP contribution in [0.5, 0.6) is 0 Å². The Morgan fingerprint density at radius 1 is 0.571 bits per heavy atom. The third-order valence-electron chi connectivity index (χ3n) is 8.45. The zero-order valence-corrected chi connectivity index (χ0v) is 19.2. The molecule has 0 unspecified atom stereocenters. The van der Waals surface area contributed by atoms with Crippen LogP contribution in [0.25, 0.3) is 22.3 Å². The van der Waals surface area contributed by atoms with Crippen molar-refractivity contribution >= 4 is 17.2 Å². The summed E-state index contributed by atoms with van der Waals surface area (Å²) in [6, 6.07) is 22.8. The lowest BCUT2D eigenvalue weighted by molar-refractivity contribution is 0.961. The summed E-state index contributed by atoms with van der Waals surface area (Å²) in [5.74, 6) is 1.06. The minimum Gasteiger partial charge on any atom is -0.292 e. The monoisotopic (exact) mass is 447 g/mol. The van der Waals surface area contributed by atoms with Crippen LogP contribution < -0.4 is 4.90 Å². The molecular weight excluding hydrogens is 426 g/mol. The Kier molecular flexibility index (Phi) is 3.24. The number of fused-ring (bicyclic) bond motifs is 11. The van der Waals surface area contributed by atoms with Gasteiger partial charge in [0.05, 0.1) is 17.6 Å². The zero-order valence-electron chi connectivity index (χ0n) is 19.2. The fourth-order valence-electron chi connectivity index (χ4n) is 6.97. The van der Waals surface area contributed by atoms with Gasteiger partial charge in [0.15, 0.2) is 0 Å². The highest BCUT2D eigenvalue weighted by Crippen LogP contribution is 2.54. The maximum atomic E-state index is 4.84. The molecule has 0 spiro atoms. The van der Waals surface area contributed by atoms with E-state index in [1.807, 2.05) is 18.6 Å². The Bertz CT molecular complexity index is 1750. The third-order valence-corrected chi connectivity index (χ3v) is 8.45. The van der Waals surface area contributed by atoms with E-state index in [4.69, 9.17) is 4.98 Å². The van der Waals surface area contributed by atoms with Gasteiger partial charge in [-0.1, -0.05) is 36.4 Å². The van der Waals surface area contributed by atoms with E-state index >= 15 is 0 Å². The molecule has 0 atom stereocenters. The highest BCUT2D eigenvalue weighted by Gasteiger charge is 2.37. The van der Waals surface area contributed by atoms with E-state index < -0.39 is 0 Å². The van der Waals surface area contributed by atoms with E-state index in [0.29, 0.717) is 0 Å². The minimum atomic E-state index is 0.940. The van der Waals surface area contributed by atoms with Crippen molar-refractivity contribution in [3.05, 3.63) is 124 Å². The number of aromatic nitrogens is 2. The molecule has 2 aliphatic heterocycles. The molecule has 9 rings (SSSR count). The first-order chi connectivity index (χ1) is 17.3. The lowest BCUT2D eigenvalue weighted by Gasteiger charge is -2.39. The Morgan fingerprint density at radius 3 is 2.40 bits per heavy atom. The van der Waals surface area contributed by atoms with Crippen LogP contribution in [0.1, 0.15) is 44.5 Å². The molecule has 4 aliphatic rings. The smallest absolute Gasteiger partial charge is 0.141 e. The summed E-state index contributed by atoms with van der Waals surface area (Å²) in [7, 11) is 0. The van der Waals surface area contributed by atoms with Gasteiger partial charge in [0.1, 0.15) is 5.82 Å². The van der Waals surface area contributed by atoms with Crippen LogP contribution in [0.3, 0.4) is 0 Å². The molecule has 2 aromatic heterocycles. The molecule has 4 heterocycles. The summed E-state index contributed by atoms with van der Waals surface area (Å²) >= 11 is 0. The molecule has 0 saturated heterocycles. The molecule has 0 radical (unpaired) electrons. The van der Waals surface area contributed by atoms with Crippen molar-refractivity contribution in [3.63, 3.8) is 0 Å². The van der Waals surface area contributed by atoms with Gasteiger partial charge < -0.3 is 0 Å². The molecule has 3 aromatic carbocycles. The van der Waals surface area contributed by atoms with Crippen LogP contribution in [0.2, 0.25) is 0 Å². The molecule has 0 amide bonds. The van der Waals surface area contributed by atoms with Crippen molar-refractivity contribution in [2.24, 2.45) is 0 Å². The first-order valence-electron chi connectivity index (χ1n) is 12.4. The number of anilines is 3. The lowest BCUT2D eigenvalue weighted by Crippen LogP contribution is -2.26. The second kappa shape index (κ2) is 6.25. The predicted octanol–water partition coefficient (Wildman–Crippen LogP) is 6.90. The largest absolute Gasteiger partial charge is 0.292 e. The molecule has 5 aromatic rings. The van der Waals surface area contributed by atoms with Gasteiger partial charge in [0.2, 0.25) is 0 Å². The van der Waals surface area contributed by atoms with Crippen molar-refractivity contribution in [1.82, 2.24) is 9.97 Å². The molecular formula is C32H21N3. The van der Waals surface area contributed by atoms with E-state index in [-0.39, 0.29) is 0 Å². The summed E-state index contributed by atoms with van der Waals surface area (Å²) in [5.41, 5.74) is 19.6. The summed E-state index contributed by atoms with van der Waals surface area (Å²) in [6.45, 7) is 0. The van der Waals surface area contributed by atoms with E-state index in [9.17, 15) is 0 Å². The molecule has 0 fully saturated rings. The van der Waals surface area contributed by atoms with E-state index in [1.54, 1.807) is 0 Å². The SMILES string of the molecule is c1ccc2c(c1)Cc1cc3c(cc1-2)-c1cc2c4c(c1C3)Cc1cccnc1N4c1cnccc1C2. The van der Waals surface area contributed by atoms with Gasteiger partial charge >= 0.3 is 0 Å². The highest BCUT2D eigenvalue weighted by molar-refractivity contribution is 5.94. The molecule has 3 heteroatoms. The van der Waals surface area contributed by atoms with E-state index in [1.165, 1.54) is 78.1 Å². The molecule has 3 nitrogen and oxygen atoms in total. The number of pyridine rings is 2. The Labute approximate surface area is 203 Å². The second-order valence-corrected chi connectivity index (χ2v) is 10.2. The molecule has 0 bridgehead atoms. The summed E-state index contributed by atoms with van der Waals surface area (Å²) in [6.07, 6.45) is 9.78. The van der Waals surface area contributed by atoms with E-state index in [2.05, 4.69) is 70.5 Å². The van der Waals surface area contributed by atoms with Gasteiger partial charge in [0, 0.05) is 25.2 Å². The maximum absolute atomic E-state index is 4.84. The summed E-state index contributed by atoms with van der Waals surface area (Å²) in [4.78, 5) is 11.7. The van der Waals surface area contributed by atoms with Gasteiger partial charge in [-0.25, -0.2) is 4.98 Å². The Morgan fingerprint density at radius 2 is 1.40 bits per heavy atom. The van der Waals surface area contributed by atoms with Crippen LogP contribution in [-0.2, 0) is 25.7 Å². The van der Waals surface area contributed by atoms with Gasteiger partial charge in [-0.15, -0.1) is 0 Å². The number of hydrogen-bond acceptors (Lipinski definition) is 3. The molecule has 0 N–H and O–H groups in total. The number of rotatable bonds is 0. The van der Waals surface area contributed by atoms with Gasteiger partial charge in [-0.3, -0.25) is 9.88 Å². The first-order valence-corrected chi connectivity index (χ1v) is 12.4. The molecule has 35 heavy (non-hydrogen) atoms. The lowest BCUT2D eigenvalue weighted by atomic mass is 9.83. The molecule has 2 aliphatic carbocycles. The topological polar surface area (TPSA) is 29.0 Å². The Balaban J connectivity index is 1.30. The summed E-state index contributed by atoms with van der Waals surface area (Å²) < 4.78 is 0. The number of benzene rings is 3. The number of nitrogens with zero attached hydrogens (tertiary/aromatic N) is 3. The fraction of sp³-hybridized carbons (Fsp3) is 0.125. The van der Waals surface area contributed by atoms with Crippen molar-refractivity contribution in [1.29, 1.82) is 0 Å². The number of hydrogen-bond donors (Lipinski definition) is 0. The highest BCUT2D eigenvalue weighted by atomic mass is 15.2. The van der Waals surface area contributed by atoms with Crippen molar-refractivity contribution in [2.45, 2.75) is 25.7 Å². The van der Waals surface area contributed by atoms with Crippen LogP contribution in [0.15, 0.2) is 79.3 Å². The van der Waals surface area contributed by atoms with Crippen molar-refractivity contribution in [2.75, 3.05) is 4.90 Å². The predicted molar refractivity (Wildman–Crippen MR) is 139 cm³/mol. The van der Waals surface area contributed by atoms with Crippen molar-refractivity contribution in [3.8, 4) is 22.3 Å². The first kappa shape index (κ1) is 18.1. The average molecular weight is 448 g/mol. The van der Waals surface area contributed by atoms with Crippen LogP contribution in [-0.4, -0.2) is 9.97 Å². The molecule has 0 saturated carbocycles. The average Bonchev–Trinajstić information content (AvgIpc) is 3.44. The Hall–Kier alpha value is -4.24.